The molecule has 4 atom stereocenters. The summed E-state index contributed by atoms with van der Waals surface area (Å²) in [7, 11) is 0. The molecular weight excluding hydrogens is 240 g/mol. The van der Waals surface area contributed by atoms with Crippen LogP contribution in [0.4, 0.5) is 0 Å². The van der Waals surface area contributed by atoms with Gasteiger partial charge in [0.2, 0.25) is 0 Å². The van der Waals surface area contributed by atoms with Crippen LogP contribution in [-0.2, 0) is 14.3 Å². The van der Waals surface area contributed by atoms with E-state index >= 15 is 0 Å². The van der Waals surface area contributed by atoms with Crippen LogP contribution in [0.5, 0.6) is 0 Å². The molecule has 0 aromatic heterocycles. The molecule has 1 saturated heterocycles. The standard InChI is InChI=1S/C16H26O3/c1-10(14(5)17)7-6-8-11(2)15-12(3)9-13(4)16(18)19-15/h8,10,12-13,15H,6-7,9H2,1-5H3/b11-8+/t10?,12-,13+,15+/m1/s1. The second-order valence-corrected chi connectivity index (χ2v) is 6.01. The number of carbonyl (C=O) groups is 2. The van der Waals surface area contributed by atoms with Gasteiger partial charge in [-0.15, -0.1) is 0 Å². The highest BCUT2D eigenvalue weighted by molar-refractivity contribution is 5.77. The van der Waals surface area contributed by atoms with Crippen LogP contribution in [0.2, 0.25) is 0 Å². The fourth-order valence-corrected chi connectivity index (χ4v) is 2.56. The van der Waals surface area contributed by atoms with Crippen LogP contribution in [0.1, 0.15) is 53.9 Å². The summed E-state index contributed by atoms with van der Waals surface area (Å²) in [5.41, 5.74) is 1.11. The van der Waals surface area contributed by atoms with Gasteiger partial charge < -0.3 is 4.74 Å². The van der Waals surface area contributed by atoms with Crippen molar-refractivity contribution in [2.24, 2.45) is 17.8 Å². The molecule has 1 rings (SSSR count). The second kappa shape index (κ2) is 6.88. The van der Waals surface area contributed by atoms with E-state index in [1.807, 2.05) is 20.8 Å². The van der Waals surface area contributed by atoms with Gasteiger partial charge in [-0.1, -0.05) is 26.8 Å². The first-order valence-electron chi connectivity index (χ1n) is 7.20. The maximum atomic E-state index is 11.6. The number of ketones is 1. The van der Waals surface area contributed by atoms with E-state index in [-0.39, 0.29) is 29.7 Å². The first kappa shape index (κ1) is 15.9. The molecule has 1 heterocycles. The minimum atomic E-state index is -0.0899. The second-order valence-electron chi connectivity index (χ2n) is 6.01. The molecule has 0 amide bonds. The molecule has 1 aliphatic heterocycles. The summed E-state index contributed by atoms with van der Waals surface area (Å²) < 4.78 is 5.50. The van der Waals surface area contributed by atoms with Crippen molar-refractivity contribution in [3.63, 3.8) is 0 Å². The summed E-state index contributed by atoms with van der Waals surface area (Å²) in [5, 5.41) is 0. The molecule has 0 aromatic carbocycles. The summed E-state index contributed by atoms with van der Waals surface area (Å²) in [6.07, 6.45) is 4.64. The van der Waals surface area contributed by atoms with Crippen LogP contribution in [-0.4, -0.2) is 17.9 Å². The lowest BCUT2D eigenvalue weighted by Gasteiger charge is -2.32. The Morgan fingerprint density at radius 2 is 2.05 bits per heavy atom. The fourth-order valence-electron chi connectivity index (χ4n) is 2.56. The van der Waals surface area contributed by atoms with Crippen molar-refractivity contribution in [3.05, 3.63) is 11.6 Å². The van der Waals surface area contributed by atoms with Gasteiger partial charge >= 0.3 is 5.97 Å². The highest BCUT2D eigenvalue weighted by Crippen LogP contribution is 2.30. The number of allylic oxidation sites excluding steroid dienone is 1. The van der Waals surface area contributed by atoms with Crippen LogP contribution in [0, 0.1) is 17.8 Å². The molecule has 0 saturated carbocycles. The lowest BCUT2D eigenvalue weighted by atomic mass is 9.86. The van der Waals surface area contributed by atoms with Gasteiger partial charge in [-0.2, -0.15) is 0 Å². The molecule has 1 unspecified atom stereocenters. The van der Waals surface area contributed by atoms with Crippen molar-refractivity contribution >= 4 is 11.8 Å². The summed E-state index contributed by atoms with van der Waals surface area (Å²) >= 11 is 0. The maximum Gasteiger partial charge on any atom is 0.309 e. The smallest absolute Gasteiger partial charge is 0.309 e. The minimum Gasteiger partial charge on any atom is -0.457 e. The number of hydrogen-bond acceptors (Lipinski definition) is 3. The quantitative estimate of drug-likeness (QED) is 0.565. The molecule has 1 aliphatic rings. The molecule has 0 aliphatic carbocycles. The van der Waals surface area contributed by atoms with Crippen molar-refractivity contribution in [2.75, 3.05) is 0 Å². The Hall–Kier alpha value is -1.12. The molecule has 0 bridgehead atoms. The summed E-state index contributed by atoms with van der Waals surface area (Å²) in [6, 6.07) is 0. The molecule has 108 valence electrons. The van der Waals surface area contributed by atoms with Crippen molar-refractivity contribution in [1.29, 1.82) is 0 Å². The predicted molar refractivity (Wildman–Crippen MR) is 75.7 cm³/mol. The summed E-state index contributed by atoms with van der Waals surface area (Å²) in [6.45, 7) is 9.65. The van der Waals surface area contributed by atoms with E-state index in [2.05, 4.69) is 13.0 Å². The molecule has 3 heteroatoms. The third kappa shape index (κ3) is 4.48. The van der Waals surface area contributed by atoms with E-state index in [9.17, 15) is 9.59 Å². The van der Waals surface area contributed by atoms with Gasteiger partial charge in [0.25, 0.3) is 0 Å². The highest BCUT2D eigenvalue weighted by Gasteiger charge is 2.33. The zero-order chi connectivity index (χ0) is 14.6. The first-order chi connectivity index (χ1) is 8.82. The van der Waals surface area contributed by atoms with Gasteiger partial charge in [0, 0.05) is 5.92 Å². The molecule has 19 heavy (non-hydrogen) atoms. The monoisotopic (exact) mass is 266 g/mol. The van der Waals surface area contributed by atoms with Gasteiger partial charge in [0.15, 0.2) is 0 Å². The maximum absolute atomic E-state index is 11.6. The van der Waals surface area contributed by atoms with Gasteiger partial charge in [-0.25, -0.2) is 0 Å². The molecular formula is C16H26O3. The molecule has 1 fully saturated rings. The van der Waals surface area contributed by atoms with E-state index in [1.54, 1.807) is 6.92 Å². The minimum absolute atomic E-state index is 0.0109. The predicted octanol–water partition coefficient (Wildman–Crippen LogP) is 3.53. The van der Waals surface area contributed by atoms with Crippen LogP contribution in [0.25, 0.3) is 0 Å². The summed E-state index contributed by atoms with van der Waals surface area (Å²) in [4.78, 5) is 22.8. The SMILES string of the molecule is CC(=O)C(C)CC/C=C(\C)[C@@H]1OC(=O)[C@@H](C)C[C@H]1C. The Bertz CT molecular complexity index is 370. The number of carbonyl (C=O) groups excluding carboxylic acids is 2. The van der Waals surface area contributed by atoms with Gasteiger partial charge in [-0.05, 0) is 44.6 Å². The average Bonchev–Trinajstić information content (AvgIpc) is 2.33. The van der Waals surface area contributed by atoms with Crippen LogP contribution >= 0.6 is 0 Å². The zero-order valence-electron chi connectivity index (χ0n) is 12.7. The van der Waals surface area contributed by atoms with E-state index < -0.39 is 0 Å². The van der Waals surface area contributed by atoms with Crippen molar-refractivity contribution < 1.29 is 14.3 Å². The number of Topliss-reactive ketones (excluding diaryl/α,β-unsaturated/α-hetero) is 1. The Labute approximate surface area is 116 Å². The van der Waals surface area contributed by atoms with Crippen molar-refractivity contribution in [1.82, 2.24) is 0 Å². The Balaban J connectivity index is 2.54. The topological polar surface area (TPSA) is 43.4 Å². The van der Waals surface area contributed by atoms with Gasteiger partial charge in [0.1, 0.15) is 11.9 Å². The van der Waals surface area contributed by atoms with Crippen LogP contribution in [0.15, 0.2) is 11.6 Å². The van der Waals surface area contributed by atoms with Crippen LogP contribution < -0.4 is 0 Å². The molecule has 3 nitrogen and oxygen atoms in total. The van der Waals surface area contributed by atoms with E-state index in [4.69, 9.17) is 4.74 Å². The number of hydrogen-bond donors (Lipinski definition) is 0. The first-order valence-corrected chi connectivity index (χ1v) is 7.20. The van der Waals surface area contributed by atoms with Gasteiger partial charge in [0.05, 0.1) is 5.92 Å². The number of esters is 1. The number of cyclic esters (lactones) is 1. The van der Waals surface area contributed by atoms with E-state index in [1.165, 1.54) is 0 Å². The molecule has 0 N–H and O–H groups in total. The highest BCUT2D eigenvalue weighted by atomic mass is 16.5. The largest absolute Gasteiger partial charge is 0.457 e. The molecule has 0 aromatic rings. The third-order valence-corrected chi connectivity index (χ3v) is 4.10. The molecule has 0 spiro atoms. The summed E-state index contributed by atoms with van der Waals surface area (Å²) in [5.74, 6) is 0.631. The lowest BCUT2D eigenvalue weighted by Crippen LogP contribution is -2.36. The Kier molecular flexibility index (Phi) is 5.77. The Morgan fingerprint density at radius 1 is 1.42 bits per heavy atom. The lowest BCUT2D eigenvalue weighted by molar-refractivity contribution is -0.161. The van der Waals surface area contributed by atoms with Gasteiger partial charge in [-0.3, -0.25) is 9.59 Å². The van der Waals surface area contributed by atoms with Crippen molar-refractivity contribution in [3.8, 4) is 0 Å². The van der Waals surface area contributed by atoms with Crippen LogP contribution in [0.3, 0.4) is 0 Å². The number of ether oxygens (including phenoxy) is 1. The molecule has 0 radical (unpaired) electrons. The van der Waals surface area contributed by atoms with E-state index in [0.717, 1.165) is 24.8 Å². The Morgan fingerprint density at radius 3 is 2.63 bits per heavy atom. The van der Waals surface area contributed by atoms with Crippen molar-refractivity contribution in [2.45, 2.75) is 60.0 Å². The third-order valence-electron chi connectivity index (χ3n) is 4.10. The number of rotatable bonds is 5. The zero-order valence-corrected chi connectivity index (χ0v) is 12.7. The normalized spacial score (nSPS) is 29.8. The fraction of sp³-hybridized carbons (Fsp3) is 0.750. The van der Waals surface area contributed by atoms with E-state index in [0.29, 0.717) is 5.92 Å². The average molecular weight is 266 g/mol.